The van der Waals surface area contributed by atoms with Gasteiger partial charge in [-0.3, -0.25) is 0 Å². The minimum absolute atomic E-state index is 0.504. The molecule has 0 radical (unpaired) electrons. The lowest BCUT2D eigenvalue weighted by Gasteiger charge is -2.37. The van der Waals surface area contributed by atoms with E-state index in [2.05, 4.69) is 52.3 Å². The van der Waals surface area contributed by atoms with Crippen molar-refractivity contribution in [2.75, 3.05) is 31.1 Å². The number of benzene rings is 3. The van der Waals surface area contributed by atoms with E-state index in [1.54, 1.807) is 12.1 Å². The molecule has 4 aromatic rings. The SMILES string of the molecule is S=C(c1ccc(-c2ccc(Cl)c(Cl)c2)o1)N1CCN(c2cccc3ccccc23)CC1. The Labute approximate surface area is 196 Å². The molecule has 3 aromatic carbocycles. The average molecular weight is 467 g/mol. The van der Waals surface area contributed by atoms with E-state index in [1.165, 1.54) is 16.5 Å². The van der Waals surface area contributed by atoms with Crippen molar-refractivity contribution in [1.82, 2.24) is 4.90 Å². The van der Waals surface area contributed by atoms with Gasteiger partial charge in [0.2, 0.25) is 0 Å². The molecule has 0 atom stereocenters. The zero-order valence-corrected chi connectivity index (χ0v) is 19.1. The maximum atomic E-state index is 6.14. The van der Waals surface area contributed by atoms with Gasteiger partial charge in [-0.2, -0.15) is 0 Å². The molecular weight excluding hydrogens is 447 g/mol. The molecule has 1 saturated heterocycles. The van der Waals surface area contributed by atoms with Crippen LogP contribution in [0.15, 0.2) is 77.2 Å². The van der Waals surface area contributed by atoms with E-state index in [0.717, 1.165) is 42.5 Å². The molecule has 1 aliphatic rings. The molecule has 31 heavy (non-hydrogen) atoms. The number of fused-ring (bicyclic) bond motifs is 1. The van der Waals surface area contributed by atoms with Crippen LogP contribution in [0.5, 0.6) is 0 Å². The summed E-state index contributed by atoms with van der Waals surface area (Å²) in [4.78, 5) is 5.39. The smallest absolute Gasteiger partial charge is 0.162 e. The molecule has 0 spiro atoms. The predicted octanol–water partition coefficient (Wildman–Crippen LogP) is 6.90. The third kappa shape index (κ3) is 4.03. The number of nitrogens with zero attached hydrogens (tertiary/aromatic N) is 2. The lowest BCUT2D eigenvalue weighted by molar-refractivity contribution is 0.385. The first-order valence-electron chi connectivity index (χ1n) is 10.2. The highest BCUT2D eigenvalue weighted by molar-refractivity contribution is 7.80. The lowest BCUT2D eigenvalue weighted by Crippen LogP contribution is -2.48. The van der Waals surface area contributed by atoms with Crippen LogP contribution >= 0.6 is 35.4 Å². The number of furan rings is 1. The Morgan fingerprint density at radius 2 is 1.58 bits per heavy atom. The van der Waals surface area contributed by atoms with Crippen LogP contribution in [0.1, 0.15) is 5.76 Å². The molecule has 0 unspecified atom stereocenters. The van der Waals surface area contributed by atoms with Crippen LogP contribution in [0.3, 0.4) is 0 Å². The Kier molecular flexibility index (Phi) is 5.61. The maximum absolute atomic E-state index is 6.14. The van der Waals surface area contributed by atoms with Crippen molar-refractivity contribution >= 4 is 56.9 Å². The highest BCUT2D eigenvalue weighted by Gasteiger charge is 2.23. The molecule has 0 saturated carbocycles. The van der Waals surface area contributed by atoms with E-state index in [9.17, 15) is 0 Å². The summed E-state index contributed by atoms with van der Waals surface area (Å²) in [5.41, 5.74) is 2.16. The van der Waals surface area contributed by atoms with Crippen LogP contribution in [-0.2, 0) is 0 Å². The minimum Gasteiger partial charge on any atom is -0.454 e. The van der Waals surface area contributed by atoms with Crippen molar-refractivity contribution in [3.63, 3.8) is 0 Å². The van der Waals surface area contributed by atoms with E-state index < -0.39 is 0 Å². The summed E-state index contributed by atoms with van der Waals surface area (Å²) < 4.78 is 6.05. The highest BCUT2D eigenvalue weighted by Crippen LogP contribution is 2.31. The normalized spacial score (nSPS) is 14.3. The average Bonchev–Trinajstić information content (AvgIpc) is 3.30. The van der Waals surface area contributed by atoms with Crippen LogP contribution in [0.4, 0.5) is 5.69 Å². The van der Waals surface area contributed by atoms with Crippen LogP contribution in [0, 0.1) is 0 Å². The van der Waals surface area contributed by atoms with Gasteiger partial charge >= 0.3 is 0 Å². The second kappa shape index (κ2) is 8.54. The van der Waals surface area contributed by atoms with E-state index in [1.807, 2.05) is 18.2 Å². The molecule has 6 heteroatoms. The Balaban J connectivity index is 1.29. The Bertz CT molecular complexity index is 1260. The summed E-state index contributed by atoms with van der Waals surface area (Å²) in [5, 5.41) is 3.59. The lowest BCUT2D eigenvalue weighted by atomic mass is 10.1. The summed E-state index contributed by atoms with van der Waals surface area (Å²) in [6.07, 6.45) is 0. The number of anilines is 1. The number of rotatable bonds is 3. The summed E-state index contributed by atoms with van der Waals surface area (Å²) >= 11 is 17.9. The van der Waals surface area contributed by atoms with E-state index >= 15 is 0 Å². The minimum atomic E-state index is 0.504. The van der Waals surface area contributed by atoms with Gasteiger partial charge in [0.1, 0.15) is 10.7 Å². The molecular formula is C25H20Cl2N2OS. The van der Waals surface area contributed by atoms with Gasteiger partial charge in [0.15, 0.2) is 5.76 Å². The third-order valence-corrected chi connectivity index (χ3v) is 6.89. The predicted molar refractivity (Wildman–Crippen MR) is 134 cm³/mol. The molecule has 1 fully saturated rings. The summed E-state index contributed by atoms with van der Waals surface area (Å²) in [5.74, 6) is 1.43. The number of piperazine rings is 1. The first-order chi connectivity index (χ1) is 15.1. The molecule has 1 aromatic heterocycles. The fraction of sp³-hybridized carbons (Fsp3) is 0.160. The van der Waals surface area contributed by atoms with Gasteiger partial charge in [-0.1, -0.05) is 71.8 Å². The topological polar surface area (TPSA) is 19.6 Å². The Hall–Kier alpha value is -2.53. The van der Waals surface area contributed by atoms with E-state index in [4.69, 9.17) is 39.8 Å². The van der Waals surface area contributed by atoms with E-state index in [0.29, 0.717) is 15.8 Å². The second-order valence-electron chi connectivity index (χ2n) is 7.57. The first kappa shape index (κ1) is 20.4. The molecule has 5 rings (SSSR count). The largest absolute Gasteiger partial charge is 0.454 e. The van der Waals surface area contributed by atoms with Crippen LogP contribution in [0.2, 0.25) is 10.0 Å². The maximum Gasteiger partial charge on any atom is 0.162 e. The molecule has 0 aliphatic carbocycles. The van der Waals surface area contributed by atoms with E-state index in [-0.39, 0.29) is 0 Å². The van der Waals surface area contributed by atoms with Crippen LogP contribution in [-0.4, -0.2) is 36.1 Å². The molecule has 156 valence electrons. The van der Waals surface area contributed by atoms with Crippen molar-refractivity contribution in [2.24, 2.45) is 0 Å². The molecule has 1 aliphatic heterocycles. The van der Waals surface area contributed by atoms with Gasteiger partial charge in [-0.25, -0.2) is 0 Å². The molecule has 0 bridgehead atoms. The van der Waals surface area contributed by atoms with Crippen molar-refractivity contribution in [2.45, 2.75) is 0 Å². The Morgan fingerprint density at radius 1 is 0.806 bits per heavy atom. The van der Waals surface area contributed by atoms with Crippen molar-refractivity contribution < 1.29 is 4.42 Å². The molecule has 2 heterocycles. The zero-order valence-electron chi connectivity index (χ0n) is 16.7. The van der Waals surface area contributed by atoms with Gasteiger partial charge in [0, 0.05) is 42.8 Å². The number of thiocarbonyl (C=S) groups is 1. The quantitative estimate of drug-likeness (QED) is 0.305. The zero-order chi connectivity index (χ0) is 21.4. The van der Waals surface area contributed by atoms with Gasteiger partial charge in [-0.15, -0.1) is 0 Å². The third-order valence-electron chi connectivity index (χ3n) is 5.70. The number of hydrogen-bond donors (Lipinski definition) is 0. The van der Waals surface area contributed by atoms with Gasteiger partial charge in [-0.05, 0) is 41.8 Å². The molecule has 3 nitrogen and oxygen atoms in total. The fourth-order valence-electron chi connectivity index (χ4n) is 4.05. The van der Waals surface area contributed by atoms with Crippen molar-refractivity contribution in [3.8, 4) is 11.3 Å². The Morgan fingerprint density at radius 3 is 2.39 bits per heavy atom. The summed E-state index contributed by atoms with van der Waals surface area (Å²) in [6.45, 7) is 3.53. The molecule has 0 N–H and O–H groups in total. The number of halogens is 2. The standard InChI is InChI=1S/C25H20Cl2N2OS/c26-20-9-8-18(16-21(20)27)23-10-11-24(30-23)25(31)29-14-12-28(13-15-29)22-7-3-5-17-4-1-2-6-19(17)22/h1-11,16H,12-15H2. The number of hydrogen-bond acceptors (Lipinski definition) is 3. The first-order valence-corrected chi connectivity index (χ1v) is 11.3. The summed E-state index contributed by atoms with van der Waals surface area (Å²) in [7, 11) is 0. The van der Waals surface area contributed by atoms with Gasteiger partial charge in [0.05, 0.1) is 10.0 Å². The van der Waals surface area contributed by atoms with Crippen molar-refractivity contribution in [3.05, 3.63) is 88.6 Å². The van der Waals surface area contributed by atoms with Crippen molar-refractivity contribution in [1.29, 1.82) is 0 Å². The van der Waals surface area contributed by atoms with Gasteiger partial charge < -0.3 is 14.2 Å². The monoisotopic (exact) mass is 466 g/mol. The highest BCUT2D eigenvalue weighted by atomic mass is 35.5. The van der Waals surface area contributed by atoms with Gasteiger partial charge in [0.25, 0.3) is 0 Å². The summed E-state index contributed by atoms with van der Waals surface area (Å²) in [6, 6.07) is 24.3. The second-order valence-corrected chi connectivity index (χ2v) is 8.77. The fourth-order valence-corrected chi connectivity index (χ4v) is 4.64. The van der Waals surface area contributed by atoms with Crippen LogP contribution in [0.25, 0.3) is 22.1 Å². The molecule has 0 amide bonds. The van der Waals surface area contributed by atoms with Crippen LogP contribution < -0.4 is 4.90 Å².